The number of methoxy groups -OCH3 is 1. The van der Waals surface area contributed by atoms with Gasteiger partial charge in [-0.2, -0.15) is 0 Å². The summed E-state index contributed by atoms with van der Waals surface area (Å²) in [6.07, 6.45) is 0.474. The Labute approximate surface area is 69.8 Å². The van der Waals surface area contributed by atoms with Crippen molar-refractivity contribution >= 4 is 12.3 Å². The number of aldehydes is 1. The molecule has 1 aliphatic rings. The summed E-state index contributed by atoms with van der Waals surface area (Å²) in [7, 11) is 1.27. The molecule has 0 radical (unpaired) electrons. The zero-order chi connectivity index (χ0) is 9.14. The SMILES string of the molecule is COC(=O)C1=C(C=O)NC(C)N1. The number of hydrogen-bond acceptors (Lipinski definition) is 5. The molecule has 1 atom stereocenters. The molecule has 0 fully saturated rings. The van der Waals surface area contributed by atoms with Gasteiger partial charge < -0.3 is 15.4 Å². The van der Waals surface area contributed by atoms with Gasteiger partial charge in [0, 0.05) is 0 Å². The third-order valence-corrected chi connectivity index (χ3v) is 1.51. The van der Waals surface area contributed by atoms with E-state index in [0.29, 0.717) is 6.29 Å². The minimum Gasteiger partial charge on any atom is -0.464 e. The monoisotopic (exact) mass is 170 g/mol. The van der Waals surface area contributed by atoms with Crippen LogP contribution in [0.1, 0.15) is 6.92 Å². The van der Waals surface area contributed by atoms with Crippen molar-refractivity contribution in [1.82, 2.24) is 10.6 Å². The van der Waals surface area contributed by atoms with Crippen LogP contribution in [-0.4, -0.2) is 25.5 Å². The second-order valence-electron chi connectivity index (χ2n) is 2.41. The number of carbonyl (C=O) groups is 2. The summed E-state index contributed by atoms with van der Waals surface area (Å²) in [6, 6.07) is 0. The van der Waals surface area contributed by atoms with Crippen LogP contribution in [0.3, 0.4) is 0 Å². The summed E-state index contributed by atoms with van der Waals surface area (Å²) < 4.78 is 4.46. The van der Waals surface area contributed by atoms with Crippen LogP contribution >= 0.6 is 0 Å². The Balaban J connectivity index is 2.84. The molecule has 0 aromatic carbocycles. The molecule has 1 unspecified atom stereocenters. The lowest BCUT2D eigenvalue weighted by molar-refractivity contribution is -0.136. The van der Waals surface area contributed by atoms with Crippen LogP contribution in [0.25, 0.3) is 0 Å². The molecule has 2 N–H and O–H groups in total. The second kappa shape index (κ2) is 3.25. The Morgan fingerprint density at radius 2 is 2.25 bits per heavy atom. The fourth-order valence-electron chi connectivity index (χ4n) is 1.000. The third-order valence-electron chi connectivity index (χ3n) is 1.51. The first-order valence-corrected chi connectivity index (χ1v) is 3.50. The first-order chi connectivity index (χ1) is 5.69. The van der Waals surface area contributed by atoms with Gasteiger partial charge in [0.2, 0.25) is 0 Å². The van der Waals surface area contributed by atoms with E-state index in [1.807, 2.05) is 0 Å². The molecule has 1 rings (SSSR count). The van der Waals surface area contributed by atoms with E-state index in [1.165, 1.54) is 7.11 Å². The fraction of sp³-hybridized carbons (Fsp3) is 0.429. The molecule has 1 aliphatic heterocycles. The van der Waals surface area contributed by atoms with Crippen molar-refractivity contribution in [2.24, 2.45) is 0 Å². The molecule has 1 heterocycles. The maximum Gasteiger partial charge on any atom is 0.356 e. The number of allylic oxidation sites excluding steroid dienone is 1. The van der Waals surface area contributed by atoms with Crippen LogP contribution in [-0.2, 0) is 14.3 Å². The van der Waals surface area contributed by atoms with E-state index in [-0.39, 0.29) is 17.6 Å². The summed E-state index contributed by atoms with van der Waals surface area (Å²) in [5.41, 5.74) is 0.439. The topological polar surface area (TPSA) is 67.4 Å². The molecule has 5 nitrogen and oxygen atoms in total. The van der Waals surface area contributed by atoms with Crippen LogP contribution < -0.4 is 10.6 Å². The normalized spacial score (nSPS) is 21.3. The smallest absolute Gasteiger partial charge is 0.356 e. The molecule has 0 bridgehead atoms. The van der Waals surface area contributed by atoms with Crippen LogP contribution in [0.2, 0.25) is 0 Å². The van der Waals surface area contributed by atoms with Crippen LogP contribution in [0.15, 0.2) is 11.4 Å². The summed E-state index contributed by atoms with van der Waals surface area (Å²) in [5.74, 6) is -0.533. The Kier molecular flexibility index (Phi) is 2.32. The van der Waals surface area contributed by atoms with Gasteiger partial charge in [-0.1, -0.05) is 0 Å². The first-order valence-electron chi connectivity index (χ1n) is 3.50. The molecular formula is C7H10N2O3. The highest BCUT2D eigenvalue weighted by Crippen LogP contribution is 2.06. The van der Waals surface area contributed by atoms with Gasteiger partial charge in [-0.3, -0.25) is 4.79 Å². The molecule has 0 spiro atoms. The highest BCUT2D eigenvalue weighted by molar-refractivity contribution is 5.95. The largest absolute Gasteiger partial charge is 0.464 e. The molecule has 0 aliphatic carbocycles. The van der Waals surface area contributed by atoms with Crippen molar-refractivity contribution in [3.8, 4) is 0 Å². The van der Waals surface area contributed by atoms with Crippen molar-refractivity contribution in [2.45, 2.75) is 13.1 Å². The predicted molar refractivity (Wildman–Crippen MR) is 40.8 cm³/mol. The van der Waals surface area contributed by atoms with Crippen molar-refractivity contribution in [3.63, 3.8) is 0 Å². The van der Waals surface area contributed by atoms with Gasteiger partial charge in [0.1, 0.15) is 11.4 Å². The minimum atomic E-state index is -0.533. The lowest BCUT2D eigenvalue weighted by atomic mass is 10.3. The molecule has 66 valence electrons. The number of carbonyl (C=O) groups excluding carboxylic acids is 2. The van der Waals surface area contributed by atoms with Gasteiger partial charge in [0.05, 0.1) is 13.3 Å². The quantitative estimate of drug-likeness (QED) is 0.415. The summed E-state index contributed by atoms with van der Waals surface area (Å²) in [5, 5.41) is 5.54. The lowest BCUT2D eigenvalue weighted by Gasteiger charge is -2.04. The molecule has 0 saturated heterocycles. The number of ether oxygens (including phenoxy) is 1. The second-order valence-corrected chi connectivity index (χ2v) is 2.41. The van der Waals surface area contributed by atoms with E-state index in [9.17, 15) is 9.59 Å². The average Bonchev–Trinajstić information content (AvgIpc) is 2.45. The molecule has 12 heavy (non-hydrogen) atoms. The fourth-order valence-corrected chi connectivity index (χ4v) is 1.000. The zero-order valence-electron chi connectivity index (χ0n) is 6.88. The summed E-state index contributed by atoms with van der Waals surface area (Å²) in [4.78, 5) is 21.4. The molecule has 0 aromatic heterocycles. The van der Waals surface area contributed by atoms with Crippen LogP contribution in [0.5, 0.6) is 0 Å². The lowest BCUT2D eigenvalue weighted by Crippen LogP contribution is -2.30. The highest BCUT2D eigenvalue weighted by atomic mass is 16.5. The van der Waals surface area contributed by atoms with Crippen LogP contribution in [0.4, 0.5) is 0 Å². The Morgan fingerprint density at radius 3 is 2.75 bits per heavy atom. The van der Waals surface area contributed by atoms with Crippen molar-refractivity contribution in [3.05, 3.63) is 11.4 Å². The Hall–Kier alpha value is -1.52. The minimum absolute atomic E-state index is 0.112. The average molecular weight is 170 g/mol. The number of esters is 1. The van der Waals surface area contributed by atoms with E-state index < -0.39 is 5.97 Å². The van der Waals surface area contributed by atoms with Gasteiger partial charge in [-0.05, 0) is 6.92 Å². The van der Waals surface area contributed by atoms with Gasteiger partial charge in [-0.25, -0.2) is 4.79 Å². The van der Waals surface area contributed by atoms with E-state index in [2.05, 4.69) is 15.4 Å². The zero-order valence-corrected chi connectivity index (χ0v) is 6.88. The number of nitrogens with one attached hydrogen (secondary N) is 2. The maximum atomic E-state index is 11.0. The van der Waals surface area contributed by atoms with Gasteiger partial charge >= 0.3 is 5.97 Å². The molecular weight excluding hydrogens is 160 g/mol. The van der Waals surface area contributed by atoms with Gasteiger partial charge in [0.15, 0.2) is 6.29 Å². The Morgan fingerprint density at radius 1 is 1.58 bits per heavy atom. The van der Waals surface area contributed by atoms with Crippen molar-refractivity contribution in [2.75, 3.05) is 7.11 Å². The molecule has 0 amide bonds. The van der Waals surface area contributed by atoms with E-state index in [0.717, 1.165) is 0 Å². The van der Waals surface area contributed by atoms with Gasteiger partial charge in [-0.15, -0.1) is 0 Å². The summed E-state index contributed by atoms with van der Waals surface area (Å²) in [6.45, 7) is 1.79. The molecule has 0 aromatic rings. The van der Waals surface area contributed by atoms with Crippen molar-refractivity contribution in [1.29, 1.82) is 0 Å². The third kappa shape index (κ3) is 1.39. The first kappa shape index (κ1) is 8.58. The van der Waals surface area contributed by atoms with Gasteiger partial charge in [0.25, 0.3) is 0 Å². The standard InChI is InChI=1S/C7H10N2O3/c1-4-8-5(3-10)6(9-4)7(11)12-2/h3-4,8-9H,1-2H3. The molecule has 0 saturated carbocycles. The molecule has 5 heteroatoms. The Bertz CT molecular complexity index is 247. The number of rotatable bonds is 2. The van der Waals surface area contributed by atoms with E-state index in [4.69, 9.17) is 0 Å². The van der Waals surface area contributed by atoms with E-state index in [1.54, 1.807) is 6.92 Å². The van der Waals surface area contributed by atoms with Crippen molar-refractivity contribution < 1.29 is 14.3 Å². The number of hydrogen-bond donors (Lipinski definition) is 2. The van der Waals surface area contributed by atoms with Crippen LogP contribution in [0, 0.1) is 0 Å². The highest BCUT2D eigenvalue weighted by Gasteiger charge is 2.24. The maximum absolute atomic E-state index is 11.0. The predicted octanol–water partition coefficient (Wildman–Crippen LogP) is -0.891. The summed E-state index contributed by atoms with van der Waals surface area (Å²) >= 11 is 0. The van der Waals surface area contributed by atoms with E-state index >= 15 is 0 Å².